The van der Waals surface area contributed by atoms with Gasteiger partial charge in [-0.05, 0) is 31.0 Å². The molecule has 1 amide bonds. The topological polar surface area (TPSA) is 51.5 Å². The summed E-state index contributed by atoms with van der Waals surface area (Å²) in [6, 6.07) is 15.5. The van der Waals surface area contributed by atoms with E-state index < -0.39 is 5.97 Å². The van der Waals surface area contributed by atoms with Crippen LogP contribution in [-0.2, 0) is 23.0 Å². The molecule has 0 radical (unpaired) electrons. The first kappa shape index (κ1) is 16.4. The average molecular weight is 348 g/mol. The molecule has 1 aliphatic heterocycles. The highest BCUT2D eigenvalue weighted by Crippen LogP contribution is 2.31. The molecule has 2 aromatic carbocycles. The summed E-state index contributed by atoms with van der Waals surface area (Å²) in [6.07, 6.45) is 2.56. The lowest BCUT2D eigenvalue weighted by Gasteiger charge is -2.22. The minimum absolute atomic E-state index is 0.0659. The fraction of sp³-hybridized carbons (Fsp3) is 0.238. The van der Waals surface area contributed by atoms with Crippen molar-refractivity contribution >= 4 is 28.5 Å². The highest BCUT2D eigenvalue weighted by molar-refractivity contribution is 6.05. The van der Waals surface area contributed by atoms with E-state index in [2.05, 4.69) is 0 Å². The zero-order chi connectivity index (χ0) is 18.3. The van der Waals surface area contributed by atoms with Gasteiger partial charge in [0.05, 0.1) is 5.56 Å². The average Bonchev–Trinajstić information content (AvgIpc) is 3.16. The number of hydrogen-bond donors (Lipinski definition) is 0. The summed E-state index contributed by atoms with van der Waals surface area (Å²) in [4.78, 5) is 26.9. The Morgan fingerprint density at radius 2 is 1.85 bits per heavy atom. The number of aryl methyl sites for hydroxylation is 1. The summed E-state index contributed by atoms with van der Waals surface area (Å²) < 4.78 is 7.23. The van der Waals surface area contributed by atoms with Crippen LogP contribution in [0.25, 0.3) is 10.9 Å². The normalized spacial score (nSPS) is 15.9. The number of fused-ring (bicyclic) bond motifs is 2. The van der Waals surface area contributed by atoms with E-state index in [-0.39, 0.29) is 18.6 Å². The largest absolute Gasteiger partial charge is 0.452 e. The summed E-state index contributed by atoms with van der Waals surface area (Å²) >= 11 is 0. The Labute approximate surface area is 151 Å². The van der Waals surface area contributed by atoms with Crippen molar-refractivity contribution in [3.63, 3.8) is 0 Å². The lowest BCUT2D eigenvalue weighted by molar-refractivity contribution is -0.122. The number of nitrogens with zero attached hydrogens (tertiary/aromatic N) is 2. The van der Waals surface area contributed by atoms with Crippen molar-refractivity contribution in [2.45, 2.75) is 19.4 Å². The molecular formula is C21H20N2O3. The lowest BCUT2D eigenvalue weighted by atomic mass is 10.1. The van der Waals surface area contributed by atoms with Gasteiger partial charge in [-0.15, -0.1) is 0 Å². The summed E-state index contributed by atoms with van der Waals surface area (Å²) in [5.41, 5.74) is 3.48. The number of para-hydroxylation sites is 2. The predicted octanol–water partition coefficient (Wildman–Crippen LogP) is 3.31. The van der Waals surface area contributed by atoms with Gasteiger partial charge in [-0.2, -0.15) is 0 Å². The van der Waals surface area contributed by atoms with Gasteiger partial charge in [0.15, 0.2) is 6.61 Å². The third kappa shape index (κ3) is 2.65. The summed E-state index contributed by atoms with van der Waals surface area (Å²) in [7, 11) is 1.88. The zero-order valence-electron chi connectivity index (χ0n) is 14.8. The second-order valence-corrected chi connectivity index (χ2v) is 6.69. The molecule has 0 bridgehead atoms. The third-order valence-electron chi connectivity index (χ3n) is 4.92. The first-order valence-corrected chi connectivity index (χ1v) is 8.67. The second kappa shape index (κ2) is 6.33. The number of carbonyl (C=O) groups excluding carboxylic acids is 2. The van der Waals surface area contributed by atoms with Crippen LogP contribution >= 0.6 is 0 Å². The van der Waals surface area contributed by atoms with Crippen molar-refractivity contribution in [1.29, 1.82) is 0 Å². The Morgan fingerprint density at radius 1 is 1.12 bits per heavy atom. The van der Waals surface area contributed by atoms with Gasteiger partial charge in [0.2, 0.25) is 0 Å². The number of rotatable bonds is 3. The van der Waals surface area contributed by atoms with Crippen molar-refractivity contribution in [3.8, 4) is 0 Å². The van der Waals surface area contributed by atoms with Gasteiger partial charge in [-0.1, -0.05) is 36.4 Å². The second-order valence-electron chi connectivity index (χ2n) is 6.69. The Bertz CT molecular complexity index is 1010. The first-order valence-electron chi connectivity index (χ1n) is 8.67. The molecule has 3 aromatic rings. The number of aromatic nitrogens is 1. The maximum Gasteiger partial charge on any atom is 0.340 e. The van der Waals surface area contributed by atoms with E-state index >= 15 is 0 Å². The molecule has 0 unspecified atom stereocenters. The fourth-order valence-corrected chi connectivity index (χ4v) is 3.72. The highest BCUT2D eigenvalue weighted by Gasteiger charge is 2.31. The zero-order valence-corrected chi connectivity index (χ0v) is 14.8. The van der Waals surface area contributed by atoms with E-state index in [1.807, 2.05) is 67.1 Å². The number of hydrogen-bond acceptors (Lipinski definition) is 3. The summed E-state index contributed by atoms with van der Waals surface area (Å²) in [5, 5.41) is 0.826. The Hall–Kier alpha value is -3.08. The van der Waals surface area contributed by atoms with Crippen molar-refractivity contribution in [2.24, 2.45) is 7.05 Å². The number of esters is 1. The van der Waals surface area contributed by atoms with Crippen LogP contribution in [0, 0.1) is 0 Å². The summed E-state index contributed by atoms with van der Waals surface area (Å²) in [6.45, 7) is 1.74. The molecule has 0 spiro atoms. The van der Waals surface area contributed by atoms with E-state index in [1.165, 1.54) is 0 Å². The minimum Gasteiger partial charge on any atom is -0.452 e. The number of ether oxygens (including phenoxy) is 1. The molecule has 26 heavy (non-hydrogen) atoms. The molecule has 1 atom stereocenters. The highest BCUT2D eigenvalue weighted by atomic mass is 16.5. The van der Waals surface area contributed by atoms with E-state index in [9.17, 15) is 9.59 Å². The predicted molar refractivity (Wildman–Crippen MR) is 100 cm³/mol. The smallest absolute Gasteiger partial charge is 0.340 e. The molecule has 2 heterocycles. The molecule has 4 rings (SSSR count). The number of benzene rings is 2. The third-order valence-corrected chi connectivity index (χ3v) is 4.92. The van der Waals surface area contributed by atoms with Crippen LogP contribution in [0.4, 0.5) is 5.69 Å². The molecule has 5 heteroatoms. The van der Waals surface area contributed by atoms with Crippen LogP contribution in [0.5, 0.6) is 0 Å². The van der Waals surface area contributed by atoms with E-state index in [1.54, 1.807) is 11.1 Å². The van der Waals surface area contributed by atoms with Gasteiger partial charge in [0, 0.05) is 35.9 Å². The monoisotopic (exact) mass is 348 g/mol. The summed E-state index contributed by atoms with van der Waals surface area (Å²) in [5.74, 6) is -0.675. The molecule has 0 saturated heterocycles. The number of carbonyl (C=O) groups is 2. The number of amides is 1. The van der Waals surface area contributed by atoms with Crippen molar-refractivity contribution < 1.29 is 14.3 Å². The van der Waals surface area contributed by atoms with Crippen molar-refractivity contribution in [2.75, 3.05) is 11.5 Å². The standard InChI is InChI=1S/C21H20N2O3/c1-14-11-15-7-3-5-9-18(15)23(14)20(24)13-26-21(25)17-12-22(2)19-10-6-4-8-16(17)19/h3-10,12,14H,11,13H2,1-2H3/t14-/m1/s1. The molecule has 0 saturated carbocycles. The fourth-order valence-electron chi connectivity index (χ4n) is 3.72. The Balaban J connectivity index is 1.50. The molecule has 5 nitrogen and oxygen atoms in total. The lowest BCUT2D eigenvalue weighted by Crippen LogP contribution is -2.38. The van der Waals surface area contributed by atoms with Gasteiger partial charge < -0.3 is 14.2 Å². The molecule has 132 valence electrons. The molecule has 1 aliphatic rings. The van der Waals surface area contributed by atoms with E-state index in [0.29, 0.717) is 5.56 Å². The molecule has 0 aliphatic carbocycles. The van der Waals surface area contributed by atoms with Crippen molar-refractivity contribution in [3.05, 3.63) is 65.9 Å². The SMILES string of the molecule is C[C@@H]1Cc2ccccc2N1C(=O)COC(=O)c1cn(C)c2ccccc12. The number of anilines is 1. The molecular weight excluding hydrogens is 328 g/mol. The Kier molecular flexibility index (Phi) is 3.99. The van der Waals surface area contributed by atoms with Gasteiger partial charge in [-0.3, -0.25) is 4.79 Å². The quantitative estimate of drug-likeness (QED) is 0.683. The van der Waals surface area contributed by atoms with E-state index in [4.69, 9.17) is 4.74 Å². The van der Waals surface area contributed by atoms with Crippen LogP contribution in [0.3, 0.4) is 0 Å². The molecule has 0 fully saturated rings. The molecule has 0 N–H and O–H groups in total. The maximum atomic E-state index is 12.7. The Morgan fingerprint density at radius 3 is 2.69 bits per heavy atom. The van der Waals surface area contributed by atoms with Crippen LogP contribution in [0.2, 0.25) is 0 Å². The van der Waals surface area contributed by atoms with Gasteiger partial charge in [-0.25, -0.2) is 4.79 Å². The van der Waals surface area contributed by atoms with Crippen molar-refractivity contribution in [1.82, 2.24) is 4.57 Å². The molecule has 1 aromatic heterocycles. The maximum absolute atomic E-state index is 12.7. The van der Waals surface area contributed by atoms with Crippen LogP contribution in [0.1, 0.15) is 22.8 Å². The van der Waals surface area contributed by atoms with Gasteiger partial charge >= 0.3 is 5.97 Å². The van der Waals surface area contributed by atoms with E-state index in [0.717, 1.165) is 28.6 Å². The first-order chi connectivity index (χ1) is 12.6. The van der Waals surface area contributed by atoms with Crippen LogP contribution < -0.4 is 4.90 Å². The van der Waals surface area contributed by atoms with Gasteiger partial charge in [0.25, 0.3) is 5.91 Å². The minimum atomic E-state index is -0.477. The van der Waals surface area contributed by atoms with Gasteiger partial charge in [0.1, 0.15) is 0 Å². The van der Waals surface area contributed by atoms with Crippen LogP contribution in [-0.4, -0.2) is 29.1 Å². The van der Waals surface area contributed by atoms with Crippen LogP contribution in [0.15, 0.2) is 54.7 Å².